The fourth-order valence-corrected chi connectivity index (χ4v) is 2.49. The number of nitrogens with zero attached hydrogens (tertiary/aromatic N) is 1. The first kappa shape index (κ1) is 12.0. The lowest BCUT2D eigenvalue weighted by Crippen LogP contribution is -2.27. The Morgan fingerprint density at radius 3 is 2.32 bits per heavy atom. The third-order valence-electron chi connectivity index (χ3n) is 3.45. The lowest BCUT2D eigenvalue weighted by Gasteiger charge is -2.21. The largest absolute Gasteiger partial charge is 0.388 e. The van der Waals surface area contributed by atoms with E-state index in [-0.39, 0.29) is 5.60 Å². The Bertz CT molecular complexity index is 577. The lowest BCUT2D eigenvalue weighted by atomic mass is 9.90. The standard InChI is InChI=1S/C17H17NO/c1-17(12-14-8-4-2-5-9-14)13-16(18-19-17)15-10-6-3-7-11-15/h2-11H,12-13H2,1H3. The molecule has 2 aromatic carbocycles. The molecule has 96 valence electrons. The van der Waals surface area contributed by atoms with Crippen LogP contribution >= 0.6 is 0 Å². The van der Waals surface area contributed by atoms with Gasteiger partial charge in [0.05, 0.1) is 5.71 Å². The molecule has 0 radical (unpaired) electrons. The Balaban J connectivity index is 1.73. The van der Waals surface area contributed by atoms with Gasteiger partial charge >= 0.3 is 0 Å². The van der Waals surface area contributed by atoms with Gasteiger partial charge in [0.2, 0.25) is 0 Å². The summed E-state index contributed by atoms with van der Waals surface area (Å²) in [7, 11) is 0. The van der Waals surface area contributed by atoms with E-state index >= 15 is 0 Å². The van der Waals surface area contributed by atoms with Crippen LogP contribution in [0.5, 0.6) is 0 Å². The second kappa shape index (κ2) is 4.88. The second-order valence-electron chi connectivity index (χ2n) is 5.28. The normalized spacial score (nSPS) is 21.8. The lowest BCUT2D eigenvalue weighted by molar-refractivity contribution is -0.00282. The van der Waals surface area contributed by atoms with Gasteiger partial charge in [0.1, 0.15) is 5.60 Å². The molecule has 2 heteroatoms. The van der Waals surface area contributed by atoms with Gasteiger partial charge in [-0.3, -0.25) is 0 Å². The first-order valence-corrected chi connectivity index (χ1v) is 6.60. The number of hydrogen-bond acceptors (Lipinski definition) is 2. The predicted octanol–water partition coefficient (Wildman–Crippen LogP) is 3.81. The molecule has 0 N–H and O–H groups in total. The van der Waals surface area contributed by atoms with Gasteiger partial charge in [0, 0.05) is 12.8 Å². The fourth-order valence-electron chi connectivity index (χ4n) is 2.49. The second-order valence-corrected chi connectivity index (χ2v) is 5.28. The van der Waals surface area contributed by atoms with E-state index in [1.165, 1.54) is 5.56 Å². The van der Waals surface area contributed by atoms with Crippen LogP contribution < -0.4 is 0 Å². The van der Waals surface area contributed by atoms with E-state index in [0.29, 0.717) is 0 Å². The summed E-state index contributed by atoms with van der Waals surface area (Å²) >= 11 is 0. The summed E-state index contributed by atoms with van der Waals surface area (Å²) < 4.78 is 0. The van der Waals surface area contributed by atoms with Crippen molar-refractivity contribution < 1.29 is 4.84 Å². The highest BCUT2D eigenvalue weighted by molar-refractivity contribution is 6.01. The number of hydrogen-bond donors (Lipinski definition) is 0. The van der Waals surface area contributed by atoms with E-state index in [2.05, 4.69) is 48.5 Å². The zero-order valence-electron chi connectivity index (χ0n) is 11.0. The zero-order valence-corrected chi connectivity index (χ0v) is 11.0. The molecule has 0 fully saturated rings. The molecule has 0 spiro atoms. The van der Waals surface area contributed by atoms with Crippen molar-refractivity contribution in [1.29, 1.82) is 0 Å². The van der Waals surface area contributed by atoms with Crippen molar-refractivity contribution in [2.75, 3.05) is 0 Å². The molecule has 3 rings (SSSR count). The van der Waals surface area contributed by atoms with Gasteiger partial charge in [0.25, 0.3) is 0 Å². The molecule has 0 aliphatic carbocycles. The quantitative estimate of drug-likeness (QED) is 0.812. The van der Waals surface area contributed by atoms with E-state index in [1.54, 1.807) is 0 Å². The zero-order chi connectivity index (χ0) is 13.1. The molecule has 0 amide bonds. The minimum Gasteiger partial charge on any atom is -0.388 e. The Morgan fingerprint density at radius 2 is 1.63 bits per heavy atom. The first-order chi connectivity index (χ1) is 9.25. The summed E-state index contributed by atoms with van der Waals surface area (Å²) in [6, 6.07) is 20.7. The molecule has 2 nitrogen and oxygen atoms in total. The van der Waals surface area contributed by atoms with Crippen molar-refractivity contribution >= 4 is 5.71 Å². The Hall–Kier alpha value is -2.09. The number of benzene rings is 2. The van der Waals surface area contributed by atoms with Crippen LogP contribution in [0.2, 0.25) is 0 Å². The molecule has 1 unspecified atom stereocenters. The van der Waals surface area contributed by atoms with Crippen LogP contribution in [0, 0.1) is 0 Å². The molecule has 0 bridgehead atoms. The first-order valence-electron chi connectivity index (χ1n) is 6.60. The van der Waals surface area contributed by atoms with Gasteiger partial charge in [-0.05, 0) is 18.1 Å². The molecular formula is C17H17NO. The summed E-state index contributed by atoms with van der Waals surface area (Å²) in [5.74, 6) is 0. The van der Waals surface area contributed by atoms with Crippen LogP contribution in [-0.2, 0) is 11.3 Å². The third-order valence-corrected chi connectivity index (χ3v) is 3.45. The molecule has 0 aromatic heterocycles. The highest BCUT2D eigenvalue weighted by Gasteiger charge is 2.34. The summed E-state index contributed by atoms with van der Waals surface area (Å²) in [5.41, 5.74) is 3.25. The molecule has 19 heavy (non-hydrogen) atoms. The number of oxime groups is 1. The fraction of sp³-hybridized carbons (Fsp3) is 0.235. The predicted molar refractivity (Wildman–Crippen MR) is 77.2 cm³/mol. The molecule has 1 aliphatic rings. The van der Waals surface area contributed by atoms with E-state index in [1.807, 2.05) is 24.3 Å². The van der Waals surface area contributed by atoms with Crippen LogP contribution in [0.15, 0.2) is 65.8 Å². The van der Waals surface area contributed by atoms with Gasteiger partial charge in [-0.1, -0.05) is 65.8 Å². The molecule has 0 saturated carbocycles. The maximum atomic E-state index is 5.70. The van der Waals surface area contributed by atoms with Crippen LogP contribution in [-0.4, -0.2) is 11.3 Å². The van der Waals surface area contributed by atoms with Gasteiger partial charge in [0.15, 0.2) is 0 Å². The Labute approximate surface area is 113 Å². The van der Waals surface area contributed by atoms with Gasteiger partial charge in [-0.2, -0.15) is 0 Å². The van der Waals surface area contributed by atoms with Crippen molar-refractivity contribution in [1.82, 2.24) is 0 Å². The van der Waals surface area contributed by atoms with Crippen LogP contribution in [0.3, 0.4) is 0 Å². The van der Waals surface area contributed by atoms with Crippen molar-refractivity contribution in [2.45, 2.75) is 25.4 Å². The highest BCUT2D eigenvalue weighted by Crippen LogP contribution is 2.29. The molecule has 0 saturated heterocycles. The van der Waals surface area contributed by atoms with Crippen molar-refractivity contribution in [2.24, 2.45) is 5.16 Å². The van der Waals surface area contributed by atoms with E-state index < -0.39 is 0 Å². The van der Waals surface area contributed by atoms with Gasteiger partial charge < -0.3 is 4.84 Å². The minimum absolute atomic E-state index is 0.230. The van der Waals surface area contributed by atoms with E-state index in [4.69, 9.17) is 4.84 Å². The van der Waals surface area contributed by atoms with Crippen molar-refractivity contribution in [3.63, 3.8) is 0 Å². The molecule has 1 heterocycles. The van der Waals surface area contributed by atoms with Gasteiger partial charge in [-0.25, -0.2) is 0 Å². The average molecular weight is 251 g/mol. The Kier molecular flexibility index (Phi) is 3.08. The molecule has 2 aromatic rings. The SMILES string of the molecule is CC1(Cc2ccccc2)CC(c2ccccc2)=NO1. The van der Waals surface area contributed by atoms with Gasteiger partial charge in [-0.15, -0.1) is 0 Å². The van der Waals surface area contributed by atoms with E-state index in [0.717, 1.165) is 24.1 Å². The molecular weight excluding hydrogens is 234 g/mol. The maximum absolute atomic E-state index is 5.70. The topological polar surface area (TPSA) is 21.6 Å². The van der Waals surface area contributed by atoms with Crippen LogP contribution in [0.25, 0.3) is 0 Å². The summed E-state index contributed by atoms with van der Waals surface area (Å²) in [6.07, 6.45) is 1.74. The maximum Gasteiger partial charge on any atom is 0.144 e. The minimum atomic E-state index is -0.230. The summed E-state index contributed by atoms with van der Waals surface area (Å²) in [4.78, 5) is 5.70. The Morgan fingerprint density at radius 1 is 1.00 bits per heavy atom. The van der Waals surface area contributed by atoms with Crippen LogP contribution in [0.4, 0.5) is 0 Å². The highest BCUT2D eigenvalue weighted by atomic mass is 16.7. The monoisotopic (exact) mass is 251 g/mol. The third kappa shape index (κ3) is 2.68. The van der Waals surface area contributed by atoms with E-state index in [9.17, 15) is 0 Å². The molecule has 1 atom stereocenters. The number of rotatable bonds is 3. The van der Waals surface area contributed by atoms with Crippen molar-refractivity contribution in [3.8, 4) is 0 Å². The summed E-state index contributed by atoms with van der Waals surface area (Å²) in [5, 5.41) is 4.27. The smallest absolute Gasteiger partial charge is 0.144 e. The average Bonchev–Trinajstić information content (AvgIpc) is 2.83. The van der Waals surface area contributed by atoms with Crippen molar-refractivity contribution in [3.05, 3.63) is 71.8 Å². The summed E-state index contributed by atoms with van der Waals surface area (Å²) in [6.45, 7) is 2.12. The van der Waals surface area contributed by atoms with Crippen LogP contribution in [0.1, 0.15) is 24.5 Å². The molecule has 1 aliphatic heterocycles.